The Labute approximate surface area is 563 Å². The first-order chi connectivity index (χ1) is 44.8. The van der Waals surface area contributed by atoms with Gasteiger partial charge in [-0.3, -0.25) is 53.0 Å². The number of ether oxygens (including phenoxy) is 3. The van der Waals surface area contributed by atoms with Gasteiger partial charge in [-0.05, 0) is 105 Å². The van der Waals surface area contributed by atoms with Gasteiger partial charge in [-0.2, -0.15) is 0 Å². The summed E-state index contributed by atoms with van der Waals surface area (Å²) in [6.45, 7) is 21.7. The zero-order valence-electron chi connectivity index (χ0n) is 59.3. The van der Waals surface area contributed by atoms with Crippen LogP contribution in [0.3, 0.4) is 0 Å². The number of aliphatic hydroxyl groups excluding tert-OH is 1. The van der Waals surface area contributed by atoms with E-state index in [4.69, 9.17) is 19.9 Å². The zero-order valence-corrected chi connectivity index (χ0v) is 59.3. The second-order valence-corrected chi connectivity index (χ2v) is 26.3. The van der Waals surface area contributed by atoms with Crippen molar-refractivity contribution in [2.24, 2.45) is 35.3 Å². The van der Waals surface area contributed by atoms with Crippen LogP contribution in [0.5, 0.6) is 0 Å². The number of hydrogen-bond donors (Lipinski definition) is 8. The molecule has 26 nitrogen and oxygen atoms in total. The Morgan fingerprint density at radius 2 is 1.41 bits per heavy atom. The number of likely N-dealkylation sites (tertiary alicyclic amines) is 1. The number of anilines is 1. The lowest BCUT2D eigenvalue weighted by Gasteiger charge is -2.41. The Kier molecular flexibility index (Phi) is 35.2. The molecule has 9 N–H and O–H groups in total. The molecule has 0 spiro atoms. The number of carbonyl (C=O) groups is 11. The van der Waals surface area contributed by atoms with Gasteiger partial charge in [0.2, 0.25) is 53.2 Å². The number of nitrogens with zero attached hydrogens (tertiary/aromatic N) is 4. The van der Waals surface area contributed by atoms with E-state index in [1.807, 2.05) is 32.1 Å². The van der Waals surface area contributed by atoms with Crippen LogP contribution in [0.15, 0.2) is 48.1 Å². The van der Waals surface area contributed by atoms with Gasteiger partial charge in [0.15, 0.2) is 0 Å². The molecule has 12 amide bonds. The Morgan fingerprint density at radius 3 is 1.97 bits per heavy atom. The molecule has 1 saturated heterocycles. The van der Waals surface area contributed by atoms with E-state index in [1.165, 1.54) is 38.0 Å². The molecule has 534 valence electrons. The van der Waals surface area contributed by atoms with Gasteiger partial charge in [-0.15, -0.1) is 0 Å². The molecule has 3 rings (SSSR count). The van der Waals surface area contributed by atoms with Crippen LogP contribution in [0.4, 0.5) is 15.3 Å². The molecule has 1 aliphatic carbocycles. The van der Waals surface area contributed by atoms with Gasteiger partial charge in [0.05, 0.1) is 48.8 Å². The number of methoxy groups -OCH3 is 2. The zero-order chi connectivity index (χ0) is 71.4. The van der Waals surface area contributed by atoms with Crippen molar-refractivity contribution in [2.45, 2.75) is 234 Å². The number of primary amides is 1. The number of aliphatic hydroxyl groups is 1. The largest absolute Gasteiger partial charge is 0.445 e. The molecule has 1 heterocycles. The first kappa shape index (κ1) is 81.8. The van der Waals surface area contributed by atoms with Crippen molar-refractivity contribution in [2.75, 3.05) is 53.3 Å². The number of likely N-dealkylation sites (N-methyl/N-ethyl adjacent to an activating group) is 2. The summed E-state index contributed by atoms with van der Waals surface area (Å²) in [7, 11) is 6.10. The minimum absolute atomic E-state index is 0.0852. The minimum atomic E-state index is -1.11. The molecule has 1 aromatic rings. The lowest BCUT2D eigenvalue weighted by molar-refractivity contribution is -0.148. The minimum Gasteiger partial charge on any atom is -0.445 e. The molecule has 2 aliphatic rings. The Balaban J connectivity index is 1.68. The molecule has 1 aliphatic heterocycles. The number of hydrogen-bond acceptors (Lipinski definition) is 15. The molecule has 26 heteroatoms. The van der Waals surface area contributed by atoms with E-state index >= 15 is 0 Å². The smallest absolute Gasteiger partial charge is 0.410 e. The van der Waals surface area contributed by atoms with Crippen molar-refractivity contribution in [1.82, 2.24) is 46.2 Å². The Morgan fingerprint density at radius 1 is 0.747 bits per heavy atom. The van der Waals surface area contributed by atoms with E-state index in [2.05, 4.69) is 31.9 Å². The van der Waals surface area contributed by atoms with Gasteiger partial charge in [-0.25, -0.2) is 9.59 Å². The highest BCUT2D eigenvalue weighted by molar-refractivity contribution is 5.99. The average Bonchev–Trinajstić information content (AvgIpc) is 1.69. The number of rotatable bonds is 39. The van der Waals surface area contributed by atoms with E-state index in [1.54, 1.807) is 103 Å². The van der Waals surface area contributed by atoms with Crippen molar-refractivity contribution in [3.8, 4) is 0 Å². The number of benzene rings is 1. The molecule has 0 bridgehead atoms. The maximum absolute atomic E-state index is 14.8. The normalized spacial score (nSPS) is 17.3. The first-order valence-electron chi connectivity index (χ1n) is 33.9. The van der Waals surface area contributed by atoms with Gasteiger partial charge >= 0.3 is 12.1 Å². The number of urea groups is 1. The predicted octanol–water partition coefficient (Wildman–Crippen LogP) is 5.84. The first-order valence-corrected chi connectivity index (χ1v) is 33.9. The summed E-state index contributed by atoms with van der Waals surface area (Å²) in [6, 6.07) is -0.251. The fraction of sp³-hybridized carbons (Fsp3) is 0.696. The van der Waals surface area contributed by atoms with Gasteiger partial charge < -0.3 is 66.8 Å². The van der Waals surface area contributed by atoms with Crippen LogP contribution < -0.4 is 37.6 Å². The Hall–Kier alpha value is -7.45. The van der Waals surface area contributed by atoms with Crippen LogP contribution in [0.1, 0.15) is 172 Å². The SMILES string of the molecule is CCC(=O)N(CCCCCC(=O)NC(C(=O)N[C@@H](CCCNC(N)=O)C(=O)Nc1ccc(COC(=O)N(C)C(C(=O)N[C@H](C(=O)N(C)C(C(C)CC)C(CC(=O)N2CCCC2C(OC)[C@@H](C)C(=O)NC(C)C(O)C2=CCCC=C2)OC)C(C)C)C(C)C)cc1)C(C)C)C(C)=O. The number of carbonyl (C=O) groups excluding carboxylic acids is 11. The van der Waals surface area contributed by atoms with Crippen LogP contribution in [-0.4, -0.2) is 199 Å². The molecule has 1 fully saturated rings. The molecule has 0 radical (unpaired) electrons. The molecule has 12 atom stereocenters. The molecule has 1 aromatic carbocycles. The third kappa shape index (κ3) is 25.2. The second-order valence-electron chi connectivity index (χ2n) is 26.3. The van der Waals surface area contributed by atoms with Gasteiger partial charge in [0, 0.05) is 73.4 Å². The third-order valence-corrected chi connectivity index (χ3v) is 18.0. The molecule has 95 heavy (non-hydrogen) atoms. The monoisotopic (exact) mass is 1340 g/mol. The summed E-state index contributed by atoms with van der Waals surface area (Å²) in [4.78, 5) is 153. The summed E-state index contributed by atoms with van der Waals surface area (Å²) in [6.07, 6.45) is 8.37. The van der Waals surface area contributed by atoms with Gasteiger partial charge in [0.1, 0.15) is 30.8 Å². The standard InChI is InChI=1S/C69H113N11O15/c1-17-44(9)60(53(93-15)39-56(84)80-38-26-30-52(80)62(94-16)45(10)63(86)72-46(11)61(85)49-27-21-19-22-28-49)77(13)67(90)58(42(5)6)76-66(89)59(43(7)8)78(14)69(92)95-40-48-32-34-50(35-33-48)73-64(87)51(29-25-36-71-68(70)91)74-65(88)57(41(3)4)75-54(82)31-23-20-24-37-79(47(12)81)55(83)18-2/h21,27-28,32-35,41-46,51-53,57-62,85H,17-20,22-26,29-31,36-40H2,1-16H3,(H,72,86)(H,73,87)(H,74,88)(H,75,82)(H,76,89)(H3,70,71,91)/t44?,45-,46?,51+,52?,53?,57?,58+,59?,60?,61?,62?/m1/s1. The maximum Gasteiger partial charge on any atom is 0.410 e. The molecular weight excluding hydrogens is 1220 g/mol. The topological polar surface area (TPSA) is 347 Å². The number of amides is 12. The maximum atomic E-state index is 14.8. The van der Waals surface area contributed by atoms with Crippen LogP contribution in [0, 0.1) is 29.6 Å². The lowest BCUT2D eigenvalue weighted by Crippen LogP contribution is -2.60. The second kappa shape index (κ2) is 40.8. The van der Waals surface area contributed by atoms with Crippen LogP contribution in [-0.2, 0) is 64.0 Å². The lowest BCUT2D eigenvalue weighted by atomic mass is 9.89. The number of allylic oxidation sites excluding steroid dienone is 2. The van der Waals surface area contributed by atoms with Crippen LogP contribution >= 0.6 is 0 Å². The molecule has 0 aromatic heterocycles. The molecule has 9 unspecified atom stereocenters. The highest BCUT2D eigenvalue weighted by Gasteiger charge is 2.44. The fourth-order valence-corrected chi connectivity index (χ4v) is 12.3. The van der Waals surface area contributed by atoms with E-state index in [0.29, 0.717) is 56.3 Å². The number of unbranched alkanes of at least 4 members (excludes halogenated alkanes) is 2. The molecular formula is C69H113N11O15. The predicted molar refractivity (Wildman–Crippen MR) is 361 cm³/mol. The van der Waals surface area contributed by atoms with Crippen molar-refractivity contribution >= 4 is 71.0 Å². The number of imide groups is 1. The van der Waals surface area contributed by atoms with Crippen LogP contribution in [0.25, 0.3) is 0 Å². The van der Waals surface area contributed by atoms with Crippen molar-refractivity contribution < 1.29 is 72.1 Å². The highest BCUT2D eigenvalue weighted by atomic mass is 16.6. The van der Waals surface area contributed by atoms with Gasteiger partial charge in [0.25, 0.3) is 0 Å². The molecule has 0 saturated carbocycles. The van der Waals surface area contributed by atoms with E-state index in [0.717, 1.165) is 18.4 Å². The summed E-state index contributed by atoms with van der Waals surface area (Å²) >= 11 is 0. The van der Waals surface area contributed by atoms with E-state index in [9.17, 15) is 57.8 Å². The summed E-state index contributed by atoms with van der Waals surface area (Å²) in [5.41, 5.74) is 6.87. The third-order valence-electron chi connectivity index (χ3n) is 18.0. The quantitative estimate of drug-likeness (QED) is 0.0359. The van der Waals surface area contributed by atoms with Crippen molar-refractivity contribution in [3.63, 3.8) is 0 Å². The van der Waals surface area contributed by atoms with Gasteiger partial charge in [-0.1, -0.05) is 112 Å². The average molecular weight is 1340 g/mol. The van der Waals surface area contributed by atoms with Crippen molar-refractivity contribution in [3.05, 3.63) is 53.6 Å². The van der Waals surface area contributed by atoms with E-state index < -0.39 is 114 Å². The summed E-state index contributed by atoms with van der Waals surface area (Å²) in [5.74, 6) is -5.82. The Bertz CT molecular complexity index is 2780. The fourth-order valence-electron chi connectivity index (χ4n) is 12.3. The highest BCUT2D eigenvalue weighted by Crippen LogP contribution is 2.30. The summed E-state index contributed by atoms with van der Waals surface area (Å²) < 4.78 is 17.8. The van der Waals surface area contributed by atoms with Crippen molar-refractivity contribution in [1.29, 1.82) is 0 Å². The van der Waals surface area contributed by atoms with Crippen LogP contribution in [0.2, 0.25) is 0 Å². The van der Waals surface area contributed by atoms with E-state index in [-0.39, 0.29) is 93.2 Å². The number of nitrogens with two attached hydrogens (primary N) is 1. The number of nitrogens with one attached hydrogen (secondary N) is 6. The summed E-state index contributed by atoms with van der Waals surface area (Å²) in [5, 5.41) is 27.7.